The summed E-state index contributed by atoms with van der Waals surface area (Å²) in [6.45, 7) is 2.25. The Labute approximate surface area is 134 Å². The van der Waals surface area contributed by atoms with Crippen molar-refractivity contribution < 1.29 is 14.6 Å². The molecule has 0 bridgehead atoms. The van der Waals surface area contributed by atoms with Gasteiger partial charge < -0.3 is 20.5 Å². The maximum absolute atomic E-state index is 12.1. The van der Waals surface area contributed by atoms with Gasteiger partial charge in [-0.15, -0.1) is 0 Å². The molecular weight excluding hydrogens is 306 g/mol. The summed E-state index contributed by atoms with van der Waals surface area (Å²) in [7, 11) is 0. The Balaban J connectivity index is 1.56. The van der Waals surface area contributed by atoms with Crippen LogP contribution in [-0.4, -0.2) is 54.0 Å². The first kappa shape index (κ1) is 15.4. The van der Waals surface area contributed by atoms with Crippen LogP contribution >= 0.6 is 11.6 Å². The number of carbonyl (C=O) groups excluding carboxylic acids is 1. The molecule has 120 valence electrons. The molecule has 2 aliphatic rings. The number of carbonyl (C=O) groups is 1. The molecule has 6 nitrogen and oxygen atoms in total. The topological polar surface area (TPSA) is 73.8 Å². The number of nitrogens with zero attached hydrogens (tertiary/aromatic N) is 1. The second kappa shape index (κ2) is 6.32. The Morgan fingerprint density at radius 1 is 1.32 bits per heavy atom. The predicted octanol–water partition coefficient (Wildman–Crippen LogP) is 1.18. The van der Waals surface area contributed by atoms with Crippen molar-refractivity contribution in [2.75, 3.05) is 26.2 Å². The fourth-order valence-corrected chi connectivity index (χ4v) is 3.16. The first-order chi connectivity index (χ1) is 10.6. The SMILES string of the molecule is O=C1NC2(CCNCC2)C(O)N1CCOc1ccc(Cl)cc1. The van der Waals surface area contributed by atoms with Crippen LogP contribution in [0.4, 0.5) is 4.79 Å². The van der Waals surface area contributed by atoms with E-state index in [9.17, 15) is 9.90 Å². The lowest BCUT2D eigenvalue weighted by Gasteiger charge is -2.36. The van der Waals surface area contributed by atoms with Crippen molar-refractivity contribution in [2.45, 2.75) is 24.6 Å². The lowest BCUT2D eigenvalue weighted by atomic mass is 9.87. The van der Waals surface area contributed by atoms with Crippen molar-refractivity contribution in [3.05, 3.63) is 29.3 Å². The number of ether oxygens (including phenoxy) is 1. The molecule has 2 amide bonds. The van der Waals surface area contributed by atoms with Gasteiger partial charge in [-0.25, -0.2) is 4.79 Å². The van der Waals surface area contributed by atoms with Crippen LogP contribution in [0.5, 0.6) is 5.75 Å². The molecule has 0 radical (unpaired) electrons. The zero-order valence-electron chi connectivity index (χ0n) is 12.2. The van der Waals surface area contributed by atoms with Crippen molar-refractivity contribution in [3.8, 4) is 5.75 Å². The van der Waals surface area contributed by atoms with Gasteiger partial charge in [-0.2, -0.15) is 0 Å². The molecule has 2 heterocycles. The number of aliphatic hydroxyl groups excluding tert-OH is 1. The van der Waals surface area contributed by atoms with Crippen LogP contribution in [0.15, 0.2) is 24.3 Å². The minimum atomic E-state index is -0.809. The summed E-state index contributed by atoms with van der Waals surface area (Å²) in [5, 5.41) is 17.3. The molecule has 22 heavy (non-hydrogen) atoms. The zero-order valence-corrected chi connectivity index (χ0v) is 13.0. The van der Waals surface area contributed by atoms with Gasteiger partial charge in [-0.05, 0) is 50.2 Å². The third-order valence-electron chi connectivity index (χ3n) is 4.32. The molecule has 0 saturated carbocycles. The first-order valence-corrected chi connectivity index (χ1v) is 7.84. The monoisotopic (exact) mass is 325 g/mol. The molecule has 2 saturated heterocycles. The van der Waals surface area contributed by atoms with Gasteiger partial charge in [0.25, 0.3) is 0 Å². The molecule has 3 N–H and O–H groups in total. The van der Waals surface area contributed by atoms with Crippen molar-refractivity contribution >= 4 is 17.6 Å². The van der Waals surface area contributed by atoms with E-state index in [0.717, 1.165) is 25.9 Å². The average Bonchev–Trinajstić information content (AvgIpc) is 2.74. The highest BCUT2D eigenvalue weighted by Gasteiger charge is 2.50. The molecule has 0 aliphatic carbocycles. The lowest BCUT2D eigenvalue weighted by molar-refractivity contribution is -0.0139. The van der Waals surface area contributed by atoms with Crippen molar-refractivity contribution in [2.24, 2.45) is 0 Å². The van der Waals surface area contributed by atoms with Crippen LogP contribution in [0, 0.1) is 0 Å². The largest absolute Gasteiger partial charge is 0.492 e. The molecule has 3 rings (SSSR count). The fourth-order valence-electron chi connectivity index (χ4n) is 3.03. The number of benzene rings is 1. The number of nitrogens with one attached hydrogen (secondary N) is 2. The van der Waals surface area contributed by atoms with E-state index in [0.29, 0.717) is 23.9 Å². The van der Waals surface area contributed by atoms with E-state index in [-0.39, 0.29) is 6.03 Å². The van der Waals surface area contributed by atoms with Gasteiger partial charge in [0.1, 0.15) is 12.4 Å². The van der Waals surface area contributed by atoms with Gasteiger partial charge in [0.05, 0.1) is 12.1 Å². The van der Waals surface area contributed by atoms with E-state index in [1.807, 2.05) is 0 Å². The molecule has 0 aromatic heterocycles. The molecule has 1 aromatic carbocycles. The fraction of sp³-hybridized carbons (Fsp3) is 0.533. The van der Waals surface area contributed by atoms with Gasteiger partial charge in [-0.3, -0.25) is 4.90 Å². The zero-order chi connectivity index (χ0) is 15.6. The number of urea groups is 1. The second-order valence-corrected chi connectivity index (χ2v) is 6.14. The molecule has 1 atom stereocenters. The highest BCUT2D eigenvalue weighted by molar-refractivity contribution is 6.30. The molecule has 1 spiro atoms. The minimum Gasteiger partial charge on any atom is -0.492 e. The summed E-state index contributed by atoms with van der Waals surface area (Å²) in [6, 6.07) is 6.82. The van der Waals surface area contributed by atoms with Crippen molar-refractivity contribution in [1.29, 1.82) is 0 Å². The van der Waals surface area contributed by atoms with E-state index >= 15 is 0 Å². The van der Waals surface area contributed by atoms with E-state index < -0.39 is 11.8 Å². The Morgan fingerprint density at radius 2 is 2.00 bits per heavy atom. The summed E-state index contributed by atoms with van der Waals surface area (Å²) in [5.41, 5.74) is -0.525. The molecule has 2 fully saturated rings. The number of rotatable bonds is 4. The maximum atomic E-state index is 12.1. The van der Waals surface area contributed by atoms with Gasteiger partial charge in [0, 0.05) is 5.02 Å². The smallest absolute Gasteiger partial charge is 0.320 e. The quantitative estimate of drug-likeness (QED) is 0.777. The Bertz CT molecular complexity index is 531. The highest BCUT2D eigenvalue weighted by atomic mass is 35.5. The minimum absolute atomic E-state index is 0.228. The number of aliphatic hydroxyl groups is 1. The number of hydrogen-bond acceptors (Lipinski definition) is 4. The van der Waals surface area contributed by atoms with Gasteiger partial charge in [0.15, 0.2) is 6.23 Å². The summed E-state index contributed by atoms with van der Waals surface area (Å²) >= 11 is 5.82. The Morgan fingerprint density at radius 3 is 2.68 bits per heavy atom. The summed E-state index contributed by atoms with van der Waals surface area (Å²) in [5.74, 6) is 0.690. The van der Waals surface area contributed by atoms with Crippen molar-refractivity contribution in [1.82, 2.24) is 15.5 Å². The Hall–Kier alpha value is -1.50. The third kappa shape index (κ3) is 2.99. The van der Waals surface area contributed by atoms with E-state index in [1.54, 1.807) is 24.3 Å². The molecular formula is C15H20ClN3O3. The molecule has 1 unspecified atom stereocenters. The Kier molecular flexibility index (Phi) is 4.42. The van der Waals surface area contributed by atoms with E-state index in [2.05, 4.69) is 10.6 Å². The van der Waals surface area contributed by atoms with Crippen LogP contribution in [0.2, 0.25) is 5.02 Å². The third-order valence-corrected chi connectivity index (χ3v) is 4.57. The summed E-state index contributed by atoms with van der Waals surface area (Å²) in [6.07, 6.45) is 0.652. The van der Waals surface area contributed by atoms with Gasteiger partial charge >= 0.3 is 6.03 Å². The van der Waals surface area contributed by atoms with Crippen molar-refractivity contribution in [3.63, 3.8) is 0 Å². The van der Waals surface area contributed by atoms with E-state index in [1.165, 1.54) is 4.90 Å². The van der Waals surface area contributed by atoms with Gasteiger partial charge in [-0.1, -0.05) is 11.6 Å². The molecule has 1 aromatic rings. The van der Waals surface area contributed by atoms with Crippen LogP contribution in [0.1, 0.15) is 12.8 Å². The van der Waals surface area contributed by atoms with Gasteiger partial charge in [0.2, 0.25) is 0 Å². The lowest BCUT2D eigenvalue weighted by Crippen LogP contribution is -2.56. The number of amides is 2. The number of piperidine rings is 1. The average molecular weight is 326 g/mol. The number of hydrogen-bond donors (Lipinski definition) is 3. The normalized spacial score (nSPS) is 23.6. The molecule has 7 heteroatoms. The summed E-state index contributed by atoms with van der Waals surface area (Å²) < 4.78 is 5.59. The van der Waals surface area contributed by atoms with Crippen LogP contribution in [0.25, 0.3) is 0 Å². The van der Waals surface area contributed by atoms with E-state index in [4.69, 9.17) is 16.3 Å². The standard InChI is InChI=1S/C15H20ClN3O3/c16-11-1-3-12(4-2-11)22-10-9-19-13(20)15(18-14(19)21)5-7-17-8-6-15/h1-4,13,17,20H,5-10H2,(H,18,21). The first-order valence-electron chi connectivity index (χ1n) is 7.47. The number of halogens is 1. The van der Waals surface area contributed by atoms with Crippen LogP contribution in [0.3, 0.4) is 0 Å². The molecule has 2 aliphatic heterocycles. The predicted molar refractivity (Wildman–Crippen MR) is 83.0 cm³/mol. The maximum Gasteiger partial charge on any atom is 0.320 e. The van der Waals surface area contributed by atoms with Crippen LogP contribution < -0.4 is 15.4 Å². The summed E-state index contributed by atoms with van der Waals surface area (Å²) in [4.78, 5) is 13.6. The highest BCUT2D eigenvalue weighted by Crippen LogP contribution is 2.30. The second-order valence-electron chi connectivity index (χ2n) is 5.71. The van der Waals surface area contributed by atoms with Crippen LogP contribution in [-0.2, 0) is 0 Å².